The first kappa shape index (κ1) is 18.4. The number of aromatic nitrogens is 4. The van der Waals surface area contributed by atoms with Crippen LogP contribution < -0.4 is 5.32 Å². The van der Waals surface area contributed by atoms with Crippen LogP contribution in [0.5, 0.6) is 0 Å². The SMILES string of the molecule is CCC(Sc1ncnc2sc(C)c(C)c12)C(=O)Nc1c(C#N)cnn1C. The molecule has 0 bridgehead atoms. The van der Waals surface area contributed by atoms with Crippen molar-refractivity contribution >= 4 is 45.0 Å². The summed E-state index contributed by atoms with van der Waals surface area (Å²) in [6, 6.07) is 2.04. The van der Waals surface area contributed by atoms with Crippen LogP contribution in [0.25, 0.3) is 10.2 Å². The molecular weight excluding hydrogens is 368 g/mol. The Morgan fingerprint density at radius 3 is 2.92 bits per heavy atom. The fourth-order valence-electron chi connectivity index (χ4n) is 2.56. The summed E-state index contributed by atoms with van der Waals surface area (Å²) < 4.78 is 1.49. The molecule has 0 saturated heterocycles. The molecule has 0 spiro atoms. The van der Waals surface area contributed by atoms with Crippen LogP contribution in [0.15, 0.2) is 17.6 Å². The number of nitrogens with zero attached hydrogens (tertiary/aromatic N) is 5. The van der Waals surface area contributed by atoms with E-state index in [2.05, 4.69) is 34.2 Å². The summed E-state index contributed by atoms with van der Waals surface area (Å²) in [6.45, 7) is 6.07. The topological polar surface area (TPSA) is 96.5 Å². The lowest BCUT2D eigenvalue weighted by atomic mass is 10.2. The van der Waals surface area contributed by atoms with Crippen molar-refractivity contribution in [3.05, 3.63) is 28.5 Å². The zero-order valence-electron chi connectivity index (χ0n) is 14.9. The lowest BCUT2D eigenvalue weighted by Crippen LogP contribution is -2.26. The summed E-state index contributed by atoms with van der Waals surface area (Å²) in [5.41, 5.74) is 1.50. The average molecular weight is 387 g/mol. The van der Waals surface area contributed by atoms with Crippen molar-refractivity contribution in [3.63, 3.8) is 0 Å². The third-order valence-corrected chi connectivity index (χ3v) is 6.63. The molecule has 0 fully saturated rings. The number of hydrogen-bond acceptors (Lipinski definition) is 7. The number of anilines is 1. The highest BCUT2D eigenvalue weighted by Gasteiger charge is 2.23. The van der Waals surface area contributed by atoms with Gasteiger partial charge in [-0.05, 0) is 25.8 Å². The Balaban J connectivity index is 1.87. The number of amides is 1. The predicted octanol–water partition coefficient (Wildman–Crippen LogP) is 3.42. The highest BCUT2D eigenvalue weighted by molar-refractivity contribution is 8.00. The Morgan fingerprint density at radius 1 is 1.46 bits per heavy atom. The van der Waals surface area contributed by atoms with E-state index in [0.717, 1.165) is 20.8 Å². The van der Waals surface area contributed by atoms with Crippen LogP contribution in [-0.4, -0.2) is 30.9 Å². The quantitative estimate of drug-likeness (QED) is 0.533. The van der Waals surface area contributed by atoms with Gasteiger partial charge in [-0.1, -0.05) is 18.7 Å². The molecular formula is C17H18N6OS2. The molecule has 1 N–H and O–H groups in total. The van der Waals surface area contributed by atoms with Gasteiger partial charge in [-0.2, -0.15) is 10.4 Å². The van der Waals surface area contributed by atoms with Crippen LogP contribution >= 0.6 is 23.1 Å². The molecule has 3 aromatic heterocycles. The van der Waals surface area contributed by atoms with Gasteiger partial charge in [0.25, 0.3) is 0 Å². The fraction of sp³-hybridized carbons (Fsp3) is 0.353. The van der Waals surface area contributed by atoms with Crippen LogP contribution in [0.2, 0.25) is 0 Å². The van der Waals surface area contributed by atoms with Crippen molar-refractivity contribution in [3.8, 4) is 6.07 Å². The first-order valence-electron chi connectivity index (χ1n) is 8.06. The van der Waals surface area contributed by atoms with Gasteiger partial charge in [0, 0.05) is 17.3 Å². The van der Waals surface area contributed by atoms with E-state index in [9.17, 15) is 4.79 Å². The number of hydrogen-bond donors (Lipinski definition) is 1. The molecule has 3 aromatic rings. The minimum atomic E-state index is -0.339. The summed E-state index contributed by atoms with van der Waals surface area (Å²) >= 11 is 3.06. The molecule has 1 amide bonds. The second-order valence-corrected chi connectivity index (χ2v) is 8.18. The summed E-state index contributed by atoms with van der Waals surface area (Å²) in [6.07, 6.45) is 3.61. The molecule has 0 aliphatic heterocycles. The zero-order chi connectivity index (χ0) is 18.8. The molecule has 3 heterocycles. The van der Waals surface area contributed by atoms with E-state index in [-0.39, 0.29) is 11.2 Å². The molecule has 1 unspecified atom stereocenters. The van der Waals surface area contributed by atoms with Crippen molar-refractivity contribution in [2.45, 2.75) is 37.5 Å². The molecule has 7 nitrogen and oxygen atoms in total. The van der Waals surface area contributed by atoms with E-state index >= 15 is 0 Å². The second-order valence-electron chi connectivity index (χ2n) is 5.79. The van der Waals surface area contributed by atoms with Crippen LogP contribution in [0.3, 0.4) is 0 Å². The van der Waals surface area contributed by atoms with Crippen molar-refractivity contribution < 1.29 is 4.79 Å². The van der Waals surface area contributed by atoms with Gasteiger partial charge in [0.2, 0.25) is 5.91 Å². The Hall–Kier alpha value is -2.44. The van der Waals surface area contributed by atoms with Gasteiger partial charge in [0.15, 0.2) is 0 Å². The summed E-state index contributed by atoms with van der Waals surface area (Å²) in [5.74, 6) is 0.237. The van der Waals surface area contributed by atoms with E-state index in [1.165, 1.54) is 27.5 Å². The van der Waals surface area contributed by atoms with E-state index in [0.29, 0.717) is 17.8 Å². The standard InChI is InChI=1S/C17H18N6OS2/c1-5-12(15(24)22-14-11(6-18)7-21-23(14)4)26-17-13-9(2)10(3)25-16(13)19-8-20-17/h7-8,12H,5H2,1-4H3,(H,22,24). The lowest BCUT2D eigenvalue weighted by Gasteiger charge is -2.15. The zero-order valence-corrected chi connectivity index (χ0v) is 16.5. The summed E-state index contributed by atoms with van der Waals surface area (Å²) in [4.78, 5) is 23.7. The van der Waals surface area contributed by atoms with Gasteiger partial charge in [-0.25, -0.2) is 9.97 Å². The minimum Gasteiger partial charge on any atom is -0.309 e. The highest BCUT2D eigenvalue weighted by atomic mass is 32.2. The molecule has 0 aliphatic rings. The predicted molar refractivity (Wildman–Crippen MR) is 103 cm³/mol. The fourth-order valence-corrected chi connectivity index (χ4v) is 4.70. The smallest absolute Gasteiger partial charge is 0.239 e. The van der Waals surface area contributed by atoms with Gasteiger partial charge in [0.05, 0.1) is 11.4 Å². The third kappa shape index (κ3) is 3.30. The number of carbonyl (C=O) groups is 1. The van der Waals surface area contributed by atoms with E-state index < -0.39 is 0 Å². The maximum absolute atomic E-state index is 12.8. The molecule has 134 valence electrons. The number of nitriles is 1. The van der Waals surface area contributed by atoms with Gasteiger partial charge in [-0.3, -0.25) is 9.48 Å². The molecule has 26 heavy (non-hydrogen) atoms. The first-order chi connectivity index (χ1) is 12.5. The molecule has 0 saturated carbocycles. The number of fused-ring (bicyclic) bond motifs is 1. The number of carbonyl (C=O) groups excluding carboxylic acids is 1. The van der Waals surface area contributed by atoms with Crippen LogP contribution in [0, 0.1) is 25.2 Å². The summed E-state index contributed by atoms with van der Waals surface area (Å²) in [7, 11) is 1.69. The van der Waals surface area contributed by atoms with Crippen molar-refractivity contribution in [2.75, 3.05) is 5.32 Å². The minimum absolute atomic E-state index is 0.172. The van der Waals surface area contributed by atoms with E-state index in [1.54, 1.807) is 24.7 Å². The maximum atomic E-state index is 12.8. The van der Waals surface area contributed by atoms with E-state index in [1.807, 2.05) is 13.0 Å². The van der Waals surface area contributed by atoms with Crippen molar-refractivity contribution in [1.29, 1.82) is 5.26 Å². The van der Waals surface area contributed by atoms with Gasteiger partial charge in [-0.15, -0.1) is 11.3 Å². The van der Waals surface area contributed by atoms with Crippen LogP contribution in [0.1, 0.15) is 29.3 Å². The molecule has 0 aromatic carbocycles. The van der Waals surface area contributed by atoms with Gasteiger partial charge >= 0.3 is 0 Å². The lowest BCUT2D eigenvalue weighted by molar-refractivity contribution is -0.115. The Morgan fingerprint density at radius 2 is 2.23 bits per heavy atom. The molecule has 9 heteroatoms. The molecule has 1 atom stereocenters. The Labute approximate surface area is 159 Å². The van der Waals surface area contributed by atoms with Crippen molar-refractivity contribution in [2.24, 2.45) is 7.05 Å². The van der Waals surface area contributed by atoms with Gasteiger partial charge in [0.1, 0.15) is 33.6 Å². The molecule has 3 rings (SSSR count). The monoisotopic (exact) mass is 386 g/mol. The average Bonchev–Trinajstić information content (AvgIpc) is 3.13. The van der Waals surface area contributed by atoms with Crippen LogP contribution in [-0.2, 0) is 11.8 Å². The Kier molecular flexibility index (Phi) is 5.25. The highest BCUT2D eigenvalue weighted by Crippen LogP contribution is 2.36. The number of aryl methyl sites for hydroxylation is 3. The first-order valence-corrected chi connectivity index (χ1v) is 9.76. The Bertz CT molecular complexity index is 1020. The number of thiophene rings is 1. The van der Waals surface area contributed by atoms with Crippen molar-refractivity contribution in [1.82, 2.24) is 19.7 Å². The molecule has 0 radical (unpaired) electrons. The number of thioether (sulfide) groups is 1. The normalized spacial score (nSPS) is 12.1. The largest absolute Gasteiger partial charge is 0.309 e. The third-order valence-electron chi connectivity index (χ3n) is 4.15. The van der Waals surface area contributed by atoms with Crippen LogP contribution in [0.4, 0.5) is 5.82 Å². The molecule has 0 aliphatic carbocycles. The summed E-state index contributed by atoms with van der Waals surface area (Å²) in [5, 5.41) is 17.5. The number of nitrogens with one attached hydrogen (secondary N) is 1. The van der Waals surface area contributed by atoms with E-state index in [4.69, 9.17) is 5.26 Å². The maximum Gasteiger partial charge on any atom is 0.239 e. The number of rotatable bonds is 5. The second kappa shape index (κ2) is 7.43. The van der Waals surface area contributed by atoms with Gasteiger partial charge < -0.3 is 5.32 Å².